The van der Waals surface area contributed by atoms with E-state index < -0.39 is 11.6 Å². The predicted octanol–water partition coefficient (Wildman–Crippen LogP) is 1.27. The van der Waals surface area contributed by atoms with Crippen molar-refractivity contribution >= 4 is 5.97 Å². The molecule has 0 aromatic carbocycles. The number of carbonyl (C=O) groups excluding carboxylic acids is 1. The zero-order valence-electron chi connectivity index (χ0n) is 7.67. The maximum atomic E-state index is 10.6. The maximum absolute atomic E-state index is 10.6. The molecular formula is C9H16O3. The third kappa shape index (κ3) is 4.91. The molecule has 3 heteroatoms. The van der Waals surface area contributed by atoms with Crippen molar-refractivity contribution in [2.24, 2.45) is 0 Å². The Morgan fingerprint density at radius 1 is 1.75 bits per heavy atom. The highest BCUT2D eigenvalue weighted by Crippen LogP contribution is 2.12. The highest BCUT2D eigenvalue weighted by atomic mass is 16.5. The van der Waals surface area contributed by atoms with Gasteiger partial charge in [-0.05, 0) is 13.3 Å². The molecule has 3 nitrogen and oxygen atoms in total. The third-order valence-electron chi connectivity index (χ3n) is 1.81. The summed E-state index contributed by atoms with van der Waals surface area (Å²) in [6, 6.07) is 0. The summed E-state index contributed by atoms with van der Waals surface area (Å²) >= 11 is 0. The van der Waals surface area contributed by atoms with Crippen molar-refractivity contribution in [3.05, 3.63) is 12.7 Å². The van der Waals surface area contributed by atoms with E-state index in [1.54, 1.807) is 6.92 Å². The molecule has 0 heterocycles. The summed E-state index contributed by atoms with van der Waals surface area (Å²) < 4.78 is 4.71. The van der Waals surface area contributed by atoms with Crippen LogP contribution < -0.4 is 0 Å². The summed E-state index contributed by atoms with van der Waals surface area (Å²) in [5, 5.41) is 9.49. The van der Waals surface area contributed by atoms with Crippen LogP contribution in [0.15, 0.2) is 12.7 Å². The van der Waals surface area contributed by atoms with Gasteiger partial charge in [0, 0.05) is 12.5 Å². The van der Waals surface area contributed by atoms with E-state index in [9.17, 15) is 9.90 Å². The molecular weight excluding hydrogens is 156 g/mol. The van der Waals surface area contributed by atoms with Gasteiger partial charge in [-0.1, -0.05) is 13.5 Å². The number of ether oxygens (including phenoxy) is 1. The van der Waals surface area contributed by atoms with Gasteiger partial charge in [-0.3, -0.25) is 0 Å². The van der Waals surface area contributed by atoms with Crippen LogP contribution in [0.2, 0.25) is 0 Å². The van der Waals surface area contributed by atoms with Crippen molar-refractivity contribution in [2.75, 3.05) is 6.61 Å². The molecule has 70 valence electrons. The molecule has 0 saturated heterocycles. The SMILES string of the molecule is C=CC(=O)OCCC(C)(O)CC. The molecule has 0 fully saturated rings. The zero-order valence-corrected chi connectivity index (χ0v) is 7.67. The number of hydrogen-bond donors (Lipinski definition) is 1. The molecule has 0 bridgehead atoms. The highest BCUT2D eigenvalue weighted by molar-refractivity contribution is 5.81. The van der Waals surface area contributed by atoms with E-state index in [-0.39, 0.29) is 6.61 Å². The van der Waals surface area contributed by atoms with Gasteiger partial charge in [-0.25, -0.2) is 4.79 Å². The highest BCUT2D eigenvalue weighted by Gasteiger charge is 2.17. The van der Waals surface area contributed by atoms with Gasteiger partial charge in [0.25, 0.3) is 0 Å². The van der Waals surface area contributed by atoms with Crippen molar-refractivity contribution in [1.82, 2.24) is 0 Å². The van der Waals surface area contributed by atoms with Gasteiger partial charge in [0.05, 0.1) is 12.2 Å². The second kappa shape index (κ2) is 4.93. The lowest BCUT2D eigenvalue weighted by molar-refractivity contribution is -0.139. The van der Waals surface area contributed by atoms with Crippen LogP contribution >= 0.6 is 0 Å². The first-order valence-corrected chi connectivity index (χ1v) is 4.03. The largest absolute Gasteiger partial charge is 0.462 e. The molecule has 0 saturated carbocycles. The summed E-state index contributed by atoms with van der Waals surface area (Å²) in [5.41, 5.74) is -0.735. The Morgan fingerprint density at radius 3 is 2.75 bits per heavy atom. The lowest BCUT2D eigenvalue weighted by Crippen LogP contribution is -2.25. The first-order valence-electron chi connectivity index (χ1n) is 4.03. The predicted molar refractivity (Wildman–Crippen MR) is 46.7 cm³/mol. The van der Waals surface area contributed by atoms with Crippen LogP contribution in [0.4, 0.5) is 0 Å². The van der Waals surface area contributed by atoms with Crippen LogP contribution in [-0.4, -0.2) is 23.3 Å². The van der Waals surface area contributed by atoms with Crippen LogP contribution in [0, 0.1) is 0 Å². The van der Waals surface area contributed by atoms with E-state index in [2.05, 4.69) is 6.58 Å². The lowest BCUT2D eigenvalue weighted by Gasteiger charge is -2.20. The number of esters is 1. The summed E-state index contributed by atoms with van der Waals surface area (Å²) in [4.78, 5) is 10.6. The van der Waals surface area contributed by atoms with Gasteiger partial charge in [0.2, 0.25) is 0 Å². The Labute approximate surface area is 73.0 Å². The quantitative estimate of drug-likeness (QED) is 0.501. The Kier molecular flexibility index (Phi) is 4.59. The molecule has 0 aliphatic carbocycles. The summed E-state index contributed by atoms with van der Waals surface area (Å²) in [7, 11) is 0. The van der Waals surface area contributed by atoms with Gasteiger partial charge in [-0.2, -0.15) is 0 Å². The van der Waals surface area contributed by atoms with Crippen LogP contribution in [0.25, 0.3) is 0 Å². The molecule has 0 aliphatic rings. The topological polar surface area (TPSA) is 46.5 Å². The van der Waals surface area contributed by atoms with Crippen molar-refractivity contribution in [2.45, 2.75) is 32.3 Å². The Hall–Kier alpha value is -0.830. The van der Waals surface area contributed by atoms with Gasteiger partial charge < -0.3 is 9.84 Å². The van der Waals surface area contributed by atoms with Gasteiger partial charge in [0.15, 0.2) is 0 Å². The van der Waals surface area contributed by atoms with E-state index in [4.69, 9.17) is 4.74 Å². The molecule has 12 heavy (non-hydrogen) atoms. The Morgan fingerprint density at radius 2 is 2.33 bits per heavy atom. The van der Waals surface area contributed by atoms with Gasteiger partial charge >= 0.3 is 5.97 Å². The van der Waals surface area contributed by atoms with Crippen LogP contribution in [0.1, 0.15) is 26.7 Å². The molecule has 0 spiro atoms. The molecule has 1 unspecified atom stereocenters. The summed E-state index contributed by atoms with van der Waals surface area (Å²) in [6.07, 6.45) is 2.22. The number of hydrogen-bond acceptors (Lipinski definition) is 3. The fourth-order valence-corrected chi connectivity index (χ4v) is 0.607. The molecule has 0 rings (SSSR count). The third-order valence-corrected chi connectivity index (χ3v) is 1.81. The fraction of sp³-hybridized carbons (Fsp3) is 0.667. The van der Waals surface area contributed by atoms with E-state index in [1.807, 2.05) is 6.92 Å². The molecule has 1 N–H and O–H groups in total. The van der Waals surface area contributed by atoms with Crippen molar-refractivity contribution in [3.63, 3.8) is 0 Å². The van der Waals surface area contributed by atoms with Crippen LogP contribution in [0.5, 0.6) is 0 Å². The number of carbonyl (C=O) groups is 1. The monoisotopic (exact) mass is 172 g/mol. The minimum Gasteiger partial charge on any atom is -0.462 e. The minimum absolute atomic E-state index is 0.242. The Balaban J connectivity index is 3.56. The van der Waals surface area contributed by atoms with E-state index in [0.717, 1.165) is 6.08 Å². The van der Waals surface area contributed by atoms with Crippen molar-refractivity contribution in [1.29, 1.82) is 0 Å². The normalized spacial score (nSPS) is 14.9. The summed E-state index contributed by atoms with van der Waals surface area (Å²) in [5.74, 6) is -0.443. The summed E-state index contributed by atoms with van der Waals surface area (Å²) in [6.45, 7) is 7.10. The maximum Gasteiger partial charge on any atom is 0.330 e. The average molecular weight is 172 g/mol. The molecule has 1 atom stereocenters. The van der Waals surface area contributed by atoms with Crippen LogP contribution in [0.3, 0.4) is 0 Å². The smallest absolute Gasteiger partial charge is 0.330 e. The molecule has 0 radical (unpaired) electrons. The Bertz CT molecular complexity index is 161. The lowest BCUT2D eigenvalue weighted by atomic mass is 10.0. The van der Waals surface area contributed by atoms with Gasteiger partial charge in [0.1, 0.15) is 0 Å². The second-order valence-electron chi connectivity index (χ2n) is 2.97. The van der Waals surface area contributed by atoms with Crippen LogP contribution in [-0.2, 0) is 9.53 Å². The van der Waals surface area contributed by atoms with Crippen molar-refractivity contribution in [3.8, 4) is 0 Å². The number of aliphatic hydroxyl groups is 1. The van der Waals surface area contributed by atoms with Gasteiger partial charge in [-0.15, -0.1) is 0 Å². The molecule has 0 aliphatic heterocycles. The van der Waals surface area contributed by atoms with E-state index in [1.165, 1.54) is 0 Å². The molecule has 0 aromatic rings. The fourth-order valence-electron chi connectivity index (χ4n) is 0.607. The van der Waals surface area contributed by atoms with Crippen molar-refractivity contribution < 1.29 is 14.6 Å². The number of rotatable bonds is 5. The first kappa shape index (κ1) is 11.2. The average Bonchev–Trinajstić information content (AvgIpc) is 2.04. The molecule has 0 aromatic heterocycles. The van der Waals surface area contributed by atoms with E-state index in [0.29, 0.717) is 12.8 Å². The van der Waals surface area contributed by atoms with E-state index >= 15 is 0 Å². The second-order valence-corrected chi connectivity index (χ2v) is 2.97. The minimum atomic E-state index is -0.735. The molecule has 0 amide bonds. The zero-order chi connectivity index (χ0) is 9.61. The first-order chi connectivity index (χ1) is 5.52. The standard InChI is InChI=1S/C9H16O3/c1-4-8(10)12-7-6-9(3,11)5-2/h4,11H,1,5-7H2,2-3H3.